The van der Waals surface area contributed by atoms with E-state index < -0.39 is 0 Å². The summed E-state index contributed by atoms with van der Waals surface area (Å²) in [6.07, 6.45) is 0.380. The molecule has 2 rings (SSSR count). The van der Waals surface area contributed by atoms with Gasteiger partial charge in [-0.15, -0.1) is 0 Å². The second-order valence-electron chi connectivity index (χ2n) is 4.27. The third-order valence-corrected chi connectivity index (χ3v) is 3.00. The highest BCUT2D eigenvalue weighted by Gasteiger charge is 2.11. The second kappa shape index (κ2) is 6.33. The third kappa shape index (κ3) is 3.54. The largest absolute Gasteiger partial charge is 0.469 e. The van der Waals surface area contributed by atoms with Crippen LogP contribution >= 0.6 is 0 Å². The molecule has 0 saturated heterocycles. The lowest BCUT2D eigenvalue weighted by molar-refractivity contribution is -0.141. The molecule has 0 fully saturated rings. The van der Waals surface area contributed by atoms with Crippen molar-refractivity contribution in [3.63, 3.8) is 0 Å². The smallest absolute Gasteiger partial charge is 0.306 e. The van der Waals surface area contributed by atoms with E-state index in [1.165, 1.54) is 7.11 Å². The lowest BCUT2D eigenvalue weighted by atomic mass is 10.3. The fraction of sp³-hybridized carbons (Fsp3) is 0.429. The molecule has 0 aliphatic heterocycles. The first kappa shape index (κ1) is 13.5. The van der Waals surface area contributed by atoms with Crippen molar-refractivity contribution in [2.45, 2.75) is 19.9 Å². The van der Waals surface area contributed by atoms with Gasteiger partial charge >= 0.3 is 5.97 Å². The molecule has 0 aliphatic rings. The van der Waals surface area contributed by atoms with Gasteiger partial charge < -0.3 is 9.15 Å². The van der Waals surface area contributed by atoms with Gasteiger partial charge in [-0.25, -0.2) is 4.98 Å². The zero-order chi connectivity index (χ0) is 13.7. The number of aromatic nitrogens is 1. The topological polar surface area (TPSA) is 55.6 Å². The molecule has 0 bridgehead atoms. The lowest BCUT2D eigenvalue weighted by Crippen LogP contribution is -2.26. The number of hydrogen-bond donors (Lipinski definition) is 0. The van der Waals surface area contributed by atoms with Gasteiger partial charge in [0.25, 0.3) is 0 Å². The second-order valence-corrected chi connectivity index (χ2v) is 4.27. The minimum atomic E-state index is -0.198. The standard InChI is InChI=1S/C14H18N2O3/c1-3-16(9-8-14(17)18-2)10-13-15-11-6-4-5-7-12(11)19-13/h4-7H,3,8-10H2,1-2H3. The van der Waals surface area contributed by atoms with E-state index in [1.54, 1.807) is 0 Å². The van der Waals surface area contributed by atoms with Gasteiger partial charge in [-0.2, -0.15) is 0 Å². The molecule has 5 heteroatoms. The van der Waals surface area contributed by atoms with Gasteiger partial charge in [-0.3, -0.25) is 9.69 Å². The number of hydrogen-bond acceptors (Lipinski definition) is 5. The van der Waals surface area contributed by atoms with Crippen LogP contribution in [0.5, 0.6) is 0 Å². The van der Waals surface area contributed by atoms with E-state index in [0.717, 1.165) is 17.6 Å². The minimum Gasteiger partial charge on any atom is -0.469 e. The predicted molar refractivity (Wildman–Crippen MR) is 71.6 cm³/mol. The van der Waals surface area contributed by atoms with Crippen LogP contribution in [0.25, 0.3) is 11.1 Å². The van der Waals surface area contributed by atoms with Crippen molar-refractivity contribution < 1.29 is 13.9 Å². The Labute approximate surface area is 112 Å². The number of rotatable bonds is 6. The van der Waals surface area contributed by atoms with Crippen LogP contribution in [0.1, 0.15) is 19.2 Å². The van der Waals surface area contributed by atoms with Crippen LogP contribution in [-0.4, -0.2) is 36.1 Å². The van der Waals surface area contributed by atoms with E-state index in [1.807, 2.05) is 31.2 Å². The molecule has 2 aromatic rings. The monoisotopic (exact) mass is 262 g/mol. The SMILES string of the molecule is CCN(CCC(=O)OC)Cc1nc2ccccc2o1. The van der Waals surface area contributed by atoms with Crippen LogP contribution in [0.4, 0.5) is 0 Å². The Bertz CT molecular complexity index is 517. The summed E-state index contributed by atoms with van der Waals surface area (Å²) in [5, 5.41) is 0. The van der Waals surface area contributed by atoms with Crippen molar-refractivity contribution in [3.05, 3.63) is 30.2 Å². The summed E-state index contributed by atoms with van der Waals surface area (Å²) < 4.78 is 10.3. The Morgan fingerprint density at radius 2 is 2.21 bits per heavy atom. The molecule has 0 radical (unpaired) electrons. The Balaban J connectivity index is 1.99. The molecule has 1 aromatic heterocycles. The van der Waals surface area contributed by atoms with Gasteiger partial charge in [-0.1, -0.05) is 19.1 Å². The van der Waals surface area contributed by atoms with Crippen LogP contribution in [0.2, 0.25) is 0 Å². The van der Waals surface area contributed by atoms with Crippen molar-refractivity contribution in [2.24, 2.45) is 0 Å². The fourth-order valence-corrected chi connectivity index (χ4v) is 1.88. The number of fused-ring (bicyclic) bond motifs is 1. The van der Waals surface area contributed by atoms with E-state index in [4.69, 9.17) is 4.42 Å². The molecule has 0 unspecified atom stereocenters. The molecule has 102 valence electrons. The Morgan fingerprint density at radius 3 is 2.89 bits per heavy atom. The molecule has 0 spiro atoms. The molecule has 0 aliphatic carbocycles. The number of para-hydroxylation sites is 2. The summed E-state index contributed by atoms with van der Waals surface area (Å²) in [6, 6.07) is 7.68. The predicted octanol–water partition coefficient (Wildman–Crippen LogP) is 2.21. The first-order valence-corrected chi connectivity index (χ1v) is 6.36. The third-order valence-electron chi connectivity index (χ3n) is 3.00. The van der Waals surface area contributed by atoms with E-state index in [9.17, 15) is 4.79 Å². The highest BCUT2D eigenvalue weighted by Crippen LogP contribution is 2.15. The molecule has 0 amide bonds. The maximum Gasteiger partial charge on any atom is 0.306 e. The molecule has 19 heavy (non-hydrogen) atoms. The average molecular weight is 262 g/mol. The number of nitrogens with zero attached hydrogens (tertiary/aromatic N) is 2. The van der Waals surface area contributed by atoms with Crippen LogP contribution in [-0.2, 0) is 16.1 Å². The fourth-order valence-electron chi connectivity index (χ4n) is 1.88. The van der Waals surface area contributed by atoms with Crippen LogP contribution in [0.15, 0.2) is 28.7 Å². The lowest BCUT2D eigenvalue weighted by Gasteiger charge is -2.17. The first-order valence-electron chi connectivity index (χ1n) is 6.36. The summed E-state index contributed by atoms with van der Waals surface area (Å²) in [6.45, 7) is 4.11. The molecule has 1 heterocycles. The van der Waals surface area contributed by atoms with Crippen molar-refractivity contribution in [2.75, 3.05) is 20.2 Å². The average Bonchev–Trinajstić information content (AvgIpc) is 2.85. The summed E-state index contributed by atoms with van der Waals surface area (Å²) in [4.78, 5) is 17.7. The number of benzene rings is 1. The van der Waals surface area contributed by atoms with E-state index in [-0.39, 0.29) is 5.97 Å². The number of carbonyl (C=O) groups is 1. The highest BCUT2D eigenvalue weighted by molar-refractivity contribution is 5.72. The zero-order valence-corrected chi connectivity index (χ0v) is 11.3. The van der Waals surface area contributed by atoms with E-state index in [2.05, 4.69) is 14.6 Å². The van der Waals surface area contributed by atoms with Gasteiger partial charge in [0, 0.05) is 6.54 Å². The molecule has 5 nitrogen and oxygen atoms in total. The number of oxazole rings is 1. The quantitative estimate of drug-likeness (QED) is 0.747. The van der Waals surface area contributed by atoms with Crippen molar-refractivity contribution in [1.82, 2.24) is 9.88 Å². The van der Waals surface area contributed by atoms with E-state index in [0.29, 0.717) is 25.4 Å². The van der Waals surface area contributed by atoms with E-state index >= 15 is 0 Å². The maximum atomic E-state index is 11.1. The Hall–Kier alpha value is -1.88. The van der Waals surface area contributed by atoms with Crippen molar-refractivity contribution in [1.29, 1.82) is 0 Å². The highest BCUT2D eigenvalue weighted by atomic mass is 16.5. The van der Waals surface area contributed by atoms with Gasteiger partial charge in [0.15, 0.2) is 5.58 Å². The van der Waals surface area contributed by atoms with Gasteiger partial charge in [0.2, 0.25) is 5.89 Å². The summed E-state index contributed by atoms with van der Waals surface area (Å²) in [5.74, 6) is 0.476. The molecule has 1 aromatic carbocycles. The molecular formula is C14H18N2O3. The summed E-state index contributed by atoms with van der Waals surface area (Å²) in [5.41, 5.74) is 1.66. The van der Waals surface area contributed by atoms with Gasteiger partial charge in [-0.05, 0) is 18.7 Å². The van der Waals surface area contributed by atoms with Crippen molar-refractivity contribution >= 4 is 17.1 Å². The van der Waals surface area contributed by atoms with Crippen LogP contribution in [0, 0.1) is 0 Å². The van der Waals surface area contributed by atoms with Gasteiger partial charge in [0.05, 0.1) is 20.1 Å². The van der Waals surface area contributed by atoms with Crippen LogP contribution < -0.4 is 0 Å². The summed E-state index contributed by atoms with van der Waals surface area (Å²) in [7, 11) is 1.40. The molecule has 0 saturated carbocycles. The van der Waals surface area contributed by atoms with Gasteiger partial charge in [0.1, 0.15) is 5.52 Å². The summed E-state index contributed by atoms with van der Waals surface area (Å²) >= 11 is 0. The zero-order valence-electron chi connectivity index (χ0n) is 11.3. The first-order chi connectivity index (χ1) is 9.22. The Morgan fingerprint density at radius 1 is 1.42 bits per heavy atom. The molecule has 0 N–H and O–H groups in total. The normalized spacial score (nSPS) is 11.1. The van der Waals surface area contributed by atoms with Crippen LogP contribution in [0.3, 0.4) is 0 Å². The minimum absolute atomic E-state index is 0.198. The Kier molecular flexibility index (Phi) is 4.52. The van der Waals surface area contributed by atoms with Crippen molar-refractivity contribution in [3.8, 4) is 0 Å². The molecular weight excluding hydrogens is 244 g/mol. The molecule has 0 atom stereocenters. The number of ether oxygens (including phenoxy) is 1. The number of methoxy groups -OCH3 is 1. The number of carbonyl (C=O) groups excluding carboxylic acids is 1. The maximum absolute atomic E-state index is 11.1. The number of esters is 1.